The summed E-state index contributed by atoms with van der Waals surface area (Å²) >= 11 is 0. The van der Waals surface area contributed by atoms with Gasteiger partial charge >= 0.3 is 0 Å². The topological polar surface area (TPSA) is 45.5 Å². The number of amides is 1. The van der Waals surface area contributed by atoms with E-state index in [1.54, 1.807) is 6.26 Å². The molecule has 112 valence electrons. The third-order valence-corrected chi connectivity index (χ3v) is 4.49. The second-order valence-electron chi connectivity index (χ2n) is 6.07. The van der Waals surface area contributed by atoms with Gasteiger partial charge in [-0.05, 0) is 45.0 Å². The van der Waals surface area contributed by atoms with Crippen LogP contribution in [0.2, 0.25) is 0 Å². The molecule has 4 heteroatoms. The molecule has 1 aliphatic carbocycles. The minimum absolute atomic E-state index is 0.0877. The van der Waals surface area contributed by atoms with E-state index in [1.165, 1.54) is 25.7 Å². The van der Waals surface area contributed by atoms with E-state index in [-0.39, 0.29) is 17.9 Å². The Morgan fingerprint density at radius 3 is 2.70 bits per heavy atom. The van der Waals surface area contributed by atoms with Gasteiger partial charge in [-0.2, -0.15) is 0 Å². The van der Waals surface area contributed by atoms with Gasteiger partial charge in [0.15, 0.2) is 0 Å². The van der Waals surface area contributed by atoms with Crippen LogP contribution in [0.3, 0.4) is 0 Å². The average molecular weight is 278 g/mol. The molecule has 1 amide bonds. The fourth-order valence-electron chi connectivity index (χ4n) is 3.05. The van der Waals surface area contributed by atoms with Crippen LogP contribution in [0.15, 0.2) is 22.8 Å². The molecule has 2 rings (SSSR count). The third-order valence-electron chi connectivity index (χ3n) is 4.49. The summed E-state index contributed by atoms with van der Waals surface area (Å²) in [6.45, 7) is 2.65. The van der Waals surface area contributed by atoms with Crippen LogP contribution in [0.4, 0.5) is 0 Å². The van der Waals surface area contributed by atoms with Crippen molar-refractivity contribution in [3.63, 3.8) is 0 Å². The van der Waals surface area contributed by atoms with Crippen LogP contribution in [-0.2, 0) is 4.79 Å². The van der Waals surface area contributed by atoms with Crippen LogP contribution >= 0.6 is 0 Å². The van der Waals surface area contributed by atoms with Gasteiger partial charge in [0.25, 0.3) is 0 Å². The Balaban J connectivity index is 1.87. The second-order valence-corrected chi connectivity index (χ2v) is 6.07. The summed E-state index contributed by atoms with van der Waals surface area (Å²) in [5.41, 5.74) is 0. The van der Waals surface area contributed by atoms with Crippen molar-refractivity contribution >= 4 is 5.91 Å². The number of hydrogen-bond acceptors (Lipinski definition) is 3. The molecule has 1 aliphatic rings. The third kappa shape index (κ3) is 3.63. The molecule has 20 heavy (non-hydrogen) atoms. The van der Waals surface area contributed by atoms with Crippen molar-refractivity contribution in [2.75, 3.05) is 20.6 Å². The van der Waals surface area contributed by atoms with Gasteiger partial charge in [-0.3, -0.25) is 9.69 Å². The van der Waals surface area contributed by atoms with Gasteiger partial charge in [0, 0.05) is 12.5 Å². The first kappa shape index (κ1) is 15.1. The van der Waals surface area contributed by atoms with E-state index in [4.69, 9.17) is 4.42 Å². The molecule has 1 aromatic heterocycles. The fraction of sp³-hybridized carbons (Fsp3) is 0.688. The minimum atomic E-state index is 0.0877. The van der Waals surface area contributed by atoms with Crippen LogP contribution in [0.1, 0.15) is 44.4 Å². The number of carbonyl (C=O) groups excluding carboxylic acids is 1. The van der Waals surface area contributed by atoms with E-state index in [9.17, 15) is 4.79 Å². The molecule has 0 spiro atoms. The quantitative estimate of drug-likeness (QED) is 0.870. The Morgan fingerprint density at radius 1 is 1.45 bits per heavy atom. The molecular formula is C16H26N2O2. The number of likely N-dealkylation sites (N-methyl/N-ethyl adjacent to an activating group) is 1. The smallest absolute Gasteiger partial charge is 0.223 e. The van der Waals surface area contributed by atoms with Gasteiger partial charge < -0.3 is 9.73 Å². The van der Waals surface area contributed by atoms with E-state index in [0.29, 0.717) is 12.5 Å². The van der Waals surface area contributed by atoms with E-state index in [0.717, 1.165) is 5.76 Å². The molecule has 0 aromatic carbocycles. The Kier molecular flexibility index (Phi) is 5.24. The van der Waals surface area contributed by atoms with Crippen molar-refractivity contribution in [2.24, 2.45) is 11.8 Å². The first-order valence-electron chi connectivity index (χ1n) is 7.57. The normalized spacial score (nSPS) is 19.2. The number of hydrogen-bond donors (Lipinski definition) is 1. The highest BCUT2D eigenvalue weighted by molar-refractivity contribution is 5.78. The lowest BCUT2D eigenvalue weighted by Crippen LogP contribution is -2.38. The standard InChI is InChI=1S/C16H26N2O2/c1-12(13-7-4-5-8-13)16(19)17-11-14(18(2)3)15-9-6-10-20-15/h6,9-10,12-14H,4-5,7-8,11H2,1-3H3,(H,17,19). The summed E-state index contributed by atoms with van der Waals surface area (Å²) in [6, 6.07) is 3.93. The molecule has 1 aromatic rings. The first-order valence-corrected chi connectivity index (χ1v) is 7.57. The maximum Gasteiger partial charge on any atom is 0.223 e. The number of furan rings is 1. The zero-order valence-electron chi connectivity index (χ0n) is 12.8. The predicted molar refractivity (Wildman–Crippen MR) is 79.3 cm³/mol. The molecule has 2 atom stereocenters. The second kappa shape index (κ2) is 6.93. The summed E-state index contributed by atoms with van der Waals surface area (Å²) in [5, 5.41) is 3.09. The molecule has 2 unspecified atom stereocenters. The van der Waals surface area contributed by atoms with Gasteiger partial charge in [-0.25, -0.2) is 0 Å². The zero-order valence-corrected chi connectivity index (χ0v) is 12.8. The van der Waals surface area contributed by atoms with Gasteiger partial charge in [-0.15, -0.1) is 0 Å². The average Bonchev–Trinajstić information content (AvgIpc) is 3.10. The molecular weight excluding hydrogens is 252 g/mol. The van der Waals surface area contributed by atoms with Gasteiger partial charge in [0.05, 0.1) is 12.3 Å². The van der Waals surface area contributed by atoms with Crippen molar-refractivity contribution in [3.05, 3.63) is 24.2 Å². The highest BCUT2D eigenvalue weighted by Gasteiger charge is 2.27. The number of rotatable bonds is 6. The van der Waals surface area contributed by atoms with Crippen molar-refractivity contribution in [1.82, 2.24) is 10.2 Å². The Hall–Kier alpha value is -1.29. The van der Waals surface area contributed by atoms with Crippen molar-refractivity contribution in [3.8, 4) is 0 Å². The monoisotopic (exact) mass is 278 g/mol. The minimum Gasteiger partial charge on any atom is -0.468 e. The van der Waals surface area contributed by atoms with E-state index < -0.39 is 0 Å². The Bertz CT molecular complexity index is 408. The van der Waals surface area contributed by atoms with Gasteiger partial charge in [0.1, 0.15) is 5.76 Å². The van der Waals surface area contributed by atoms with Gasteiger partial charge in [0.2, 0.25) is 5.91 Å². The lowest BCUT2D eigenvalue weighted by Gasteiger charge is -2.24. The zero-order chi connectivity index (χ0) is 14.5. The number of nitrogens with zero attached hydrogens (tertiary/aromatic N) is 1. The predicted octanol–water partition coefficient (Wildman–Crippen LogP) is 2.82. The molecule has 4 nitrogen and oxygen atoms in total. The van der Waals surface area contributed by atoms with Gasteiger partial charge in [-0.1, -0.05) is 19.8 Å². The summed E-state index contributed by atoms with van der Waals surface area (Å²) in [6.07, 6.45) is 6.62. The molecule has 1 heterocycles. The van der Waals surface area contributed by atoms with Crippen LogP contribution in [0.5, 0.6) is 0 Å². The van der Waals surface area contributed by atoms with Crippen LogP contribution < -0.4 is 5.32 Å². The Labute approximate surface area is 121 Å². The molecule has 0 aliphatic heterocycles. The van der Waals surface area contributed by atoms with E-state index >= 15 is 0 Å². The molecule has 1 N–H and O–H groups in total. The molecule has 1 fully saturated rings. The highest BCUT2D eigenvalue weighted by atomic mass is 16.3. The first-order chi connectivity index (χ1) is 9.59. The number of carbonyl (C=O) groups is 1. The summed E-state index contributed by atoms with van der Waals surface area (Å²) < 4.78 is 5.46. The molecule has 0 bridgehead atoms. The summed E-state index contributed by atoms with van der Waals surface area (Å²) in [5.74, 6) is 1.76. The van der Waals surface area contributed by atoms with Crippen molar-refractivity contribution < 1.29 is 9.21 Å². The molecule has 0 radical (unpaired) electrons. The van der Waals surface area contributed by atoms with E-state index in [2.05, 4.69) is 17.1 Å². The fourth-order valence-corrected chi connectivity index (χ4v) is 3.05. The molecule has 0 saturated heterocycles. The van der Waals surface area contributed by atoms with Crippen LogP contribution in [0.25, 0.3) is 0 Å². The maximum absolute atomic E-state index is 12.3. The SMILES string of the molecule is CC(C(=O)NCC(c1ccco1)N(C)C)C1CCCC1. The van der Waals surface area contributed by atoms with Crippen molar-refractivity contribution in [1.29, 1.82) is 0 Å². The number of nitrogens with one attached hydrogen (secondary N) is 1. The van der Waals surface area contributed by atoms with Crippen LogP contribution in [0, 0.1) is 11.8 Å². The lowest BCUT2D eigenvalue weighted by atomic mass is 9.92. The van der Waals surface area contributed by atoms with Crippen molar-refractivity contribution in [2.45, 2.75) is 38.6 Å². The highest BCUT2D eigenvalue weighted by Crippen LogP contribution is 2.31. The van der Waals surface area contributed by atoms with E-state index in [1.807, 2.05) is 26.2 Å². The summed E-state index contributed by atoms with van der Waals surface area (Å²) in [4.78, 5) is 14.3. The maximum atomic E-state index is 12.3. The molecule has 1 saturated carbocycles. The summed E-state index contributed by atoms with van der Waals surface area (Å²) in [7, 11) is 4.00. The Morgan fingerprint density at radius 2 is 2.15 bits per heavy atom. The lowest BCUT2D eigenvalue weighted by molar-refractivity contribution is -0.126. The largest absolute Gasteiger partial charge is 0.468 e. The van der Waals surface area contributed by atoms with Crippen LogP contribution in [-0.4, -0.2) is 31.4 Å².